The standard InChI is InChI=1S/C22H20FN3O4S/c1-21(2)13-22(28,9-15(10-24)20(21)27)19-18(8-16(23)11-26-19)14-5-4-6-25-12-17(7-14)31(3,29)30/h7-9,11-12,25,28H,5,13H2,1-3H3/b14-7+,17-12+. The zero-order chi connectivity index (χ0) is 23.0. The van der Waals surface area contributed by atoms with E-state index >= 15 is 0 Å². The van der Waals surface area contributed by atoms with E-state index in [4.69, 9.17) is 0 Å². The summed E-state index contributed by atoms with van der Waals surface area (Å²) in [6, 6.07) is 5.53. The molecule has 0 saturated heterocycles. The predicted octanol–water partition coefficient (Wildman–Crippen LogP) is 2.08. The summed E-state index contributed by atoms with van der Waals surface area (Å²) in [5, 5.41) is 23.4. The lowest BCUT2D eigenvalue weighted by atomic mass is 9.68. The van der Waals surface area contributed by atoms with Gasteiger partial charge in [-0.3, -0.25) is 9.78 Å². The largest absolute Gasteiger partial charge is 0.379 e. The lowest BCUT2D eigenvalue weighted by Gasteiger charge is -2.38. The Bertz CT molecular complexity index is 1270. The Hall–Kier alpha value is -3.27. The molecule has 2 heterocycles. The van der Waals surface area contributed by atoms with E-state index in [1.165, 1.54) is 12.3 Å². The Balaban J connectivity index is 2.28. The number of allylic oxidation sites excluding steroid dienone is 3. The summed E-state index contributed by atoms with van der Waals surface area (Å²) >= 11 is 0. The third-order valence-electron chi connectivity index (χ3n) is 5.08. The van der Waals surface area contributed by atoms with Gasteiger partial charge in [0.2, 0.25) is 0 Å². The molecule has 9 heteroatoms. The summed E-state index contributed by atoms with van der Waals surface area (Å²) in [5.41, 5.74) is -2.66. The number of Topliss-reactive ketones (excluding diaryl/α,β-unsaturated/α-hetero) is 1. The van der Waals surface area contributed by atoms with Crippen molar-refractivity contribution in [1.82, 2.24) is 10.3 Å². The molecule has 1 aliphatic heterocycles. The van der Waals surface area contributed by atoms with Gasteiger partial charge in [-0.05, 0) is 30.2 Å². The average molecular weight is 441 g/mol. The van der Waals surface area contributed by atoms with Gasteiger partial charge in [-0.15, -0.1) is 0 Å². The summed E-state index contributed by atoms with van der Waals surface area (Å²) in [4.78, 5) is 16.5. The first kappa shape index (κ1) is 22.4. The predicted molar refractivity (Wildman–Crippen MR) is 112 cm³/mol. The molecule has 31 heavy (non-hydrogen) atoms. The summed E-state index contributed by atoms with van der Waals surface area (Å²) in [7, 11) is -3.63. The van der Waals surface area contributed by atoms with Gasteiger partial charge in [-0.1, -0.05) is 19.8 Å². The molecule has 3 rings (SSSR count). The zero-order valence-electron chi connectivity index (χ0n) is 17.2. The third kappa shape index (κ3) is 4.43. The molecule has 0 amide bonds. The number of carbonyl (C=O) groups excluding carboxylic acids is 1. The maximum atomic E-state index is 14.2. The SMILES string of the molecule is CC1(C)CC(O)(c2ncc(F)cc2/C2=C/C(S(C)(=O)=O)=C\NC#CC2)C=C(C#N)C1=O. The molecule has 0 fully saturated rings. The minimum absolute atomic E-state index is 0.0108. The van der Waals surface area contributed by atoms with Crippen LogP contribution in [0.5, 0.6) is 0 Å². The van der Waals surface area contributed by atoms with Crippen LogP contribution in [0.25, 0.3) is 5.57 Å². The number of hydrogen-bond donors (Lipinski definition) is 2. The van der Waals surface area contributed by atoms with Crippen LogP contribution >= 0.6 is 0 Å². The highest BCUT2D eigenvalue weighted by molar-refractivity contribution is 7.94. The van der Waals surface area contributed by atoms with Crippen LogP contribution in [0.4, 0.5) is 4.39 Å². The molecule has 160 valence electrons. The van der Waals surface area contributed by atoms with Crippen LogP contribution in [-0.4, -0.2) is 30.5 Å². The number of nitrogens with zero attached hydrogens (tertiary/aromatic N) is 2. The second-order valence-electron chi connectivity index (χ2n) is 8.14. The normalized spacial score (nSPS) is 26.3. The van der Waals surface area contributed by atoms with Gasteiger partial charge in [0.25, 0.3) is 0 Å². The number of hydrogen-bond acceptors (Lipinski definition) is 7. The van der Waals surface area contributed by atoms with Gasteiger partial charge in [0.15, 0.2) is 15.6 Å². The van der Waals surface area contributed by atoms with Crippen LogP contribution < -0.4 is 5.32 Å². The number of rotatable bonds is 3. The van der Waals surface area contributed by atoms with Crippen molar-refractivity contribution in [1.29, 1.82) is 5.26 Å². The van der Waals surface area contributed by atoms with Gasteiger partial charge < -0.3 is 10.4 Å². The summed E-state index contributed by atoms with van der Waals surface area (Å²) in [6.45, 7) is 3.20. The van der Waals surface area contributed by atoms with Crippen molar-refractivity contribution in [3.05, 3.63) is 58.2 Å². The Labute approximate surface area is 179 Å². The number of aromatic nitrogens is 1. The minimum atomic E-state index is -3.63. The van der Waals surface area contributed by atoms with Gasteiger partial charge in [-0.2, -0.15) is 5.26 Å². The Morgan fingerprint density at radius 1 is 1.39 bits per heavy atom. The van der Waals surface area contributed by atoms with Crippen LogP contribution in [0.2, 0.25) is 0 Å². The molecule has 1 aromatic rings. The molecule has 0 saturated carbocycles. The Morgan fingerprint density at radius 3 is 2.74 bits per heavy atom. The molecule has 0 aromatic carbocycles. The van der Waals surface area contributed by atoms with Crippen LogP contribution in [0, 0.1) is 34.5 Å². The number of carbonyl (C=O) groups is 1. The van der Waals surface area contributed by atoms with Gasteiger partial charge in [0.05, 0.1) is 22.4 Å². The molecule has 0 bridgehead atoms. The van der Waals surface area contributed by atoms with E-state index in [1.807, 2.05) is 0 Å². The number of sulfone groups is 1. The highest BCUT2D eigenvalue weighted by atomic mass is 32.2. The second-order valence-corrected chi connectivity index (χ2v) is 10.2. The molecular weight excluding hydrogens is 421 g/mol. The van der Waals surface area contributed by atoms with Gasteiger partial charge in [0, 0.05) is 35.9 Å². The quantitative estimate of drug-likeness (QED) is 0.689. The van der Waals surface area contributed by atoms with E-state index in [0.717, 1.165) is 24.6 Å². The fourth-order valence-electron chi connectivity index (χ4n) is 3.69. The average Bonchev–Trinajstić information content (AvgIpc) is 2.63. The highest BCUT2D eigenvalue weighted by Crippen LogP contribution is 2.44. The fourth-order valence-corrected chi connectivity index (χ4v) is 4.32. The first-order valence-corrected chi connectivity index (χ1v) is 11.2. The molecule has 2 N–H and O–H groups in total. The number of halogens is 1. The van der Waals surface area contributed by atoms with E-state index in [9.17, 15) is 28.0 Å². The molecule has 0 spiro atoms. The van der Waals surface area contributed by atoms with E-state index < -0.39 is 32.5 Å². The number of pyridine rings is 1. The first-order valence-electron chi connectivity index (χ1n) is 9.28. The first-order chi connectivity index (χ1) is 14.4. The Morgan fingerprint density at radius 2 is 2.10 bits per heavy atom. The number of nitriles is 1. The van der Waals surface area contributed by atoms with Gasteiger partial charge >= 0.3 is 0 Å². The van der Waals surface area contributed by atoms with Crippen molar-refractivity contribution in [2.45, 2.75) is 32.3 Å². The molecule has 1 atom stereocenters. The topological polar surface area (TPSA) is 120 Å². The zero-order valence-corrected chi connectivity index (χ0v) is 18.0. The maximum absolute atomic E-state index is 14.2. The second kappa shape index (κ2) is 7.77. The number of ketones is 1. The summed E-state index contributed by atoms with van der Waals surface area (Å²) in [6.07, 6.45) is 5.60. The lowest BCUT2D eigenvalue weighted by Crippen LogP contribution is -2.41. The van der Waals surface area contributed by atoms with Crippen molar-refractivity contribution >= 4 is 21.2 Å². The highest BCUT2D eigenvalue weighted by Gasteiger charge is 2.47. The van der Waals surface area contributed by atoms with Crippen LogP contribution in [0.1, 0.15) is 37.9 Å². The molecule has 1 aliphatic carbocycles. The Kier molecular flexibility index (Phi) is 5.62. The van der Waals surface area contributed by atoms with Crippen molar-refractivity contribution in [3.8, 4) is 18.0 Å². The van der Waals surface area contributed by atoms with Crippen molar-refractivity contribution in [2.75, 3.05) is 6.26 Å². The fraction of sp³-hybridized carbons (Fsp3) is 0.318. The summed E-state index contributed by atoms with van der Waals surface area (Å²) < 4.78 is 38.4. The minimum Gasteiger partial charge on any atom is -0.379 e. The third-order valence-corrected chi connectivity index (χ3v) is 6.18. The smallest absolute Gasteiger partial charge is 0.178 e. The number of nitrogens with one attached hydrogen (secondary N) is 1. The molecule has 7 nitrogen and oxygen atoms in total. The molecule has 0 radical (unpaired) electrons. The van der Waals surface area contributed by atoms with Crippen LogP contribution in [0.15, 0.2) is 41.1 Å². The van der Waals surface area contributed by atoms with E-state index in [2.05, 4.69) is 22.3 Å². The number of aliphatic hydroxyl groups is 1. The van der Waals surface area contributed by atoms with E-state index in [1.54, 1.807) is 19.9 Å². The van der Waals surface area contributed by atoms with Crippen LogP contribution in [-0.2, 0) is 20.2 Å². The van der Waals surface area contributed by atoms with E-state index in [-0.39, 0.29) is 34.6 Å². The molecular formula is C22H20FN3O4S. The molecule has 1 aromatic heterocycles. The lowest BCUT2D eigenvalue weighted by molar-refractivity contribution is -0.127. The van der Waals surface area contributed by atoms with Crippen LogP contribution in [0.3, 0.4) is 0 Å². The van der Waals surface area contributed by atoms with Crippen molar-refractivity contribution in [3.63, 3.8) is 0 Å². The van der Waals surface area contributed by atoms with Gasteiger partial charge in [0.1, 0.15) is 17.5 Å². The molecule has 1 unspecified atom stereocenters. The monoisotopic (exact) mass is 441 g/mol. The maximum Gasteiger partial charge on any atom is 0.178 e. The van der Waals surface area contributed by atoms with Crippen molar-refractivity contribution in [2.24, 2.45) is 5.41 Å². The van der Waals surface area contributed by atoms with E-state index in [0.29, 0.717) is 5.57 Å². The molecule has 2 aliphatic rings. The summed E-state index contributed by atoms with van der Waals surface area (Å²) in [5.74, 6) is 1.68. The van der Waals surface area contributed by atoms with Gasteiger partial charge in [-0.25, -0.2) is 12.8 Å². The van der Waals surface area contributed by atoms with Crippen molar-refractivity contribution < 1.29 is 22.7 Å².